The van der Waals surface area contributed by atoms with Crippen molar-refractivity contribution >= 4 is 16.6 Å². The number of nitriles is 1. The molecular weight excluding hydrogens is 262 g/mol. The van der Waals surface area contributed by atoms with Gasteiger partial charge in [-0.1, -0.05) is 39.0 Å². The fraction of sp³-hybridized carbons (Fsp3) is 0.412. The molecule has 4 nitrogen and oxygen atoms in total. The Morgan fingerprint density at radius 2 is 2.05 bits per heavy atom. The van der Waals surface area contributed by atoms with Crippen LogP contribution in [0.4, 0.5) is 5.69 Å². The lowest BCUT2D eigenvalue weighted by Gasteiger charge is -2.32. The van der Waals surface area contributed by atoms with Crippen LogP contribution in [-0.4, -0.2) is 22.7 Å². The number of fused-ring (bicyclic) bond motifs is 1. The van der Waals surface area contributed by atoms with Gasteiger partial charge < -0.3 is 10.4 Å². The number of pyridine rings is 1. The molecule has 21 heavy (non-hydrogen) atoms. The summed E-state index contributed by atoms with van der Waals surface area (Å²) in [6, 6.07) is 10.0. The van der Waals surface area contributed by atoms with Gasteiger partial charge >= 0.3 is 0 Å². The third-order valence-corrected chi connectivity index (χ3v) is 3.68. The molecule has 1 atom stereocenters. The summed E-state index contributed by atoms with van der Waals surface area (Å²) in [6.07, 6.45) is 2.23. The van der Waals surface area contributed by atoms with Gasteiger partial charge in [0.05, 0.1) is 16.8 Å². The first-order chi connectivity index (χ1) is 9.97. The lowest BCUT2D eigenvalue weighted by Crippen LogP contribution is -2.35. The van der Waals surface area contributed by atoms with E-state index in [0.29, 0.717) is 12.0 Å². The van der Waals surface area contributed by atoms with E-state index >= 15 is 0 Å². The Hall–Kier alpha value is -2.12. The molecule has 0 aliphatic carbocycles. The topological polar surface area (TPSA) is 68.9 Å². The van der Waals surface area contributed by atoms with Crippen molar-refractivity contribution in [1.29, 1.82) is 5.26 Å². The van der Waals surface area contributed by atoms with Gasteiger partial charge in [0, 0.05) is 24.2 Å². The number of aliphatic hydroxyl groups is 1. The molecule has 0 amide bonds. The minimum Gasteiger partial charge on any atom is -0.396 e. The second-order valence-electron chi connectivity index (χ2n) is 6.25. The fourth-order valence-electron chi connectivity index (χ4n) is 2.41. The van der Waals surface area contributed by atoms with Crippen molar-refractivity contribution in [3.8, 4) is 6.07 Å². The number of anilines is 1. The molecule has 1 aromatic heterocycles. The predicted octanol–water partition coefficient (Wildman–Crippen LogP) is 3.32. The number of benzene rings is 1. The highest BCUT2D eigenvalue weighted by molar-refractivity contribution is 5.94. The van der Waals surface area contributed by atoms with Crippen LogP contribution < -0.4 is 5.32 Å². The molecule has 2 rings (SSSR count). The molecule has 0 fully saturated rings. The minimum absolute atomic E-state index is 0.0279. The lowest BCUT2D eigenvalue weighted by atomic mass is 9.84. The van der Waals surface area contributed by atoms with Crippen LogP contribution in [0.15, 0.2) is 30.5 Å². The lowest BCUT2D eigenvalue weighted by molar-refractivity contribution is 0.235. The van der Waals surface area contributed by atoms with Gasteiger partial charge in [0.1, 0.15) is 6.07 Å². The van der Waals surface area contributed by atoms with E-state index in [0.717, 1.165) is 16.6 Å². The number of nitrogens with one attached hydrogen (secondary N) is 1. The van der Waals surface area contributed by atoms with Crippen molar-refractivity contribution in [3.05, 3.63) is 36.0 Å². The summed E-state index contributed by atoms with van der Waals surface area (Å²) in [4.78, 5) is 4.32. The average molecular weight is 283 g/mol. The molecule has 1 aromatic carbocycles. The monoisotopic (exact) mass is 283 g/mol. The van der Waals surface area contributed by atoms with Gasteiger partial charge in [0.2, 0.25) is 0 Å². The van der Waals surface area contributed by atoms with Crippen LogP contribution in [0.2, 0.25) is 0 Å². The number of aliphatic hydroxyl groups excluding tert-OH is 1. The van der Waals surface area contributed by atoms with Gasteiger partial charge in [0.25, 0.3) is 0 Å². The molecule has 110 valence electrons. The smallest absolute Gasteiger partial charge is 0.103 e. The molecule has 4 heteroatoms. The van der Waals surface area contributed by atoms with Crippen LogP contribution >= 0.6 is 0 Å². The Bertz CT molecular complexity index is 668. The van der Waals surface area contributed by atoms with Crippen molar-refractivity contribution in [2.45, 2.75) is 33.2 Å². The largest absolute Gasteiger partial charge is 0.396 e. The maximum Gasteiger partial charge on any atom is 0.103 e. The highest BCUT2D eigenvalue weighted by Crippen LogP contribution is 2.31. The molecule has 1 unspecified atom stereocenters. The molecule has 0 spiro atoms. The van der Waals surface area contributed by atoms with Crippen molar-refractivity contribution in [2.75, 3.05) is 11.9 Å². The Labute approximate surface area is 125 Å². The first kappa shape index (κ1) is 15.3. The number of hydrogen-bond donors (Lipinski definition) is 2. The molecule has 0 saturated carbocycles. The summed E-state index contributed by atoms with van der Waals surface area (Å²) in [5, 5.41) is 23.0. The standard InChI is InChI=1S/C17H21N3O/c1-17(2,3)15(8-9-21)20-16-12(10-18)11-19-14-7-5-4-6-13(14)16/h4-7,11,15,21H,8-9H2,1-3H3,(H,19,20). The van der Waals surface area contributed by atoms with E-state index in [4.69, 9.17) is 0 Å². The maximum absolute atomic E-state index is 9.34. The SMILES string of the molecule is CC(C)(C)C(CCO)Nc1c(C#N)cnc2ccccc12. The number of para-hydroxylation sites is 1. The normalized spacial score (nSPS) is 12.9. The van der Waals surface area contributed by atoms with E-state index in [1.165, 1.54) is 0 Å². The molecule has 2 aromatic rings. The van der Waals surface area contributed by atoms with E-state index in [9.17, 15) is 10.4 Å². The summed E-state index contributed by atoms with van der Waals surface area (Å²) in [5.74, 6) is 0. The van der Waals surface area contributed by atoms with Gasteiger partial charge in [-0.3, -0.25) is 4.98 Å². The quantitative estimate of drug-likeness (QED) is 0.903. The highest BCUT2D eigenvalue weighted by Gasteiger charge is 2.25. The van der Waals surface area contributed by atoms with Gasteiger partial charge in [-0.2, -0.15) is 5.26 Å². The van der Waals surface area contributed by atoms with E-state index in [1.807, 2.05) is 24.3 Å². The van der Waals surface area contributed by atoms with E-state index < -0.39 is 0 Å². The zero-order valence-corrected chi connectivity index (χ0v) is 12.7. The van der Waals surface area contributed by atoms with E-state index in [2.05, 4.69) is 37.1 Å². The highest BCUT2D eigenvalue weighted by atomic mass is 16.3. The minimum atomic E-state index is -0.0279. The van der Waals surface area contributed by atoms with Crippen molar-refractivity contribution < 1.29 is 5.11 Å². The van der Waals surface area contributed by atoms with Gasteiger partial charge in [0.15, 0.2) is 0 Å². The number of nitrogens with zero attached hydrogens (tertiary/aromatic N) is 2. The summed E-state index contributed by atoms with van der Waals surface area (Å²) in [7, 11) is 0. The van der Waals surface area contributed by atoms with Gasteiger partial charge in [-0.15, -0.1) is 0 Å². The molecule has 1 heterocycles. The second kappa shape index (κ2) is 6.11. The maximum atomic E-state index is 9.34. The number of rotatable bonds is 4. The third kappa shape index (κ3) is 3.32. The van der Waals surface area contributed by atoms with E-state index in [1.54, 1.807) is 6.20 Å². The Balaban J connectivity index is 2.51. The molecule has 0 radical (unpaired) electrons. The average Bonchev–Trinajstić information content (AvgIpc) is 2.46. The first-order valence-corrected chi connectivity index (χ1v) is 7.12. The summed E-state index contributed by atoms with van der Waals surface area (Å²) >= 11 is 0. The predicted molar refractivity (Wildman–Crippen MR) is 85.0 cm³/mol. The van der Waals surface area contributed by atoms with Crippen LogP contribution in [0, 0.1) is 16.7 Å². The first-order valence-electron chi connectivity index (χ1n) is 7.12. The van der Waals surface area contributed by atoms with Crippen LogP contribution in [0.5, 0.6) is 0 Å². The Morgan fingerprint density at radius 3 is 2.67 bits per heavy atom. The van der Waals surface area contributed by atoms with Crippen LogP contribution in [0.3, 0.4) is 0 Å². The van der Waals surface area contributed by atoms with Crippen molar-refractivity contribution in [3.63, 3.8) is 0 Å². The van der Waals surface area contributed by atoms with Gasteiger partial charge in [-0.25, -0.2) is 0 Å². The van der Waals surface area contributed by atoms with Crippen molar-refractivity contribution in [1.82, 2.24) is 4.98 Å². The molecule has 0 bridgehead atoms. The third-order valence-electron chi connectivity index (χ3n) is 3.68. The number of aromatic nitrogens is 1. The Morgan fingerprint density at radius 1 is 1.33 bits per heavy atom. The molecule has 0 aliphatic heterocycles. The van der Waals surface area contributed by atoms with Gasteiger partial charge in [-0.05, 0) is 17.9 Å². The zero-order valence-electron chi connectivity index (χ0n) is 12.7. The fourth-order valence-corrected chi connectivity index (χ4v) is 2.41. The summed E-state index contributed by atoms with van der Waals surface area (Å²) in [6.45, 7) is 6.47. The molecule has 0 aliphatic rings. The number of hydrogen-bond acceptors (Lipinski definition) is 4. The second-order valence-corrected chi connectivity index (χ2v) is 6.25. The van der Waals surface area contributed by atoms with E-state index in [-0.39, 0.29) is 18.1 Å². The summed E-state index contributed by atoms with van der Waals surface area (Å²) < 4.78 is 0. The molecular formula is C17H21N3O. The van der Waals surface area contributed by atoms with Crippen LogP contribution in [0.25, 0.3) is 10.9 Å². The van der Waals surface area contributed by atoms with Crippen LogP contribution in [0.1, 0.15) is 32.8 Å². The molecule has 2 N–H and O–H groups in total. The van der Waals surface area contributed by atoms with Crippen molar-refractivity contribution in [2.24, 2.45) is 5.41 Å². The summed E-state index contributed by atoms with van der Waals surface area (Å²) in [5.41, 5.74) is 2.16. The molecule has 0 saturated heterocycles. The zero-order chi connectivity index (χ0) is 15.5. The van der Waals surface area contributed by atoms with Crippen LogP contribution in [-0.2, 0) is 0 Å². The Kier molecular flexibility index (Phi) is 4.44.